The van der Waals surface area contributed by atoms with E-state index in [0.717, 1.165) is 11.0 Å². The fraction of sp³-hybridized carbons (Fsp3) is 0.182. The maximum atomic E-state index is 12.0. The number of anilines is 2. The number of rotatable bonds is 4. The van der Waals surface area contributed by atoms with Crippen LogP contribution in [0.15, 0.2) is 22.7 Å². The Bertz CT molecular complexity index is 604. The van der Waals surface area contributed by atoms with E-state index in [9.17, 15) is 4.79 Å². The molecule has 19 heavy (non-hydrogen) atoms. The number of hydrogen-bond donors (Lipinski definition) is 2. The Labute approximate surface area is 127 Å². The van der Waals surface area contributed by atoms with Crippen LogP contribution in [0.5, 0.6) is 0 Å². The van der Waals surface area contributed by atoms with E-state index in [1.165, 1.54) is 11.3 Å². The minimum Gasteiger partial charge on any atom is -0.360 e. The van der Waals surface area contributed by atoms with Crippen molar-refractivity contribution in [1.82, 2.24) is 10.2 Å². The van der Waals surface area contributed by atoms with Crippen molar-refractivity contribution in [2.24, 2.45) is 0 Å². The van der Waals surface area contributed by atoms with Crippen LogP contribution in [0.4, 0.5) is 10.8 Å². The van der Waals surface area contributed by atoms with Gasteiger partial charge < -0.3 is 10.6 Å². The van der Waals surface area contributed by atoms with Crippen molar-refractivity contribution >= 4 is 55.6 Å². The van der Waals surface area contributed by atoms with E-state index in [-0.39, 0.29) is 5.91 Å². The topological polar surface area (TPSA) is 66.9 Å². The van der Waals surface area contributed by atoms with Gasteiger partial charge in [0, 0.05) is 16.0 Å². The lowest BCUT2D eigenvalue weighted by atomic mass is 10.3. The first-order valence-corrected chi connectivity index (χ1v) is 7.42. The molecule has 0 radical (unpaired) electrons. The largest absolute Gasteiger partial charge is 0.360 e. The molecule has 0 aliphatic heterocycles. The van der Waals surface area contributed by atoms with Gasteiger partial charge in [-0.2, -0.15) is 0 Å². The number of nitrogens with zero attached hydrogens (tertiary/aromatic N) is 2. The summed E-state index contributed by atoms with van der Waals surface area (Å²) in [5.74, 6) is -0.315. The van der Waals surface area contributed by atoms with Gasteiger partial charge in [0.25, 0.3) is 5.91 Å². The molecule has 2 N–H and O–H groups in total. The molecule has 2 aromatic rings. The fourth-order valence-corrected chi connectivity index (χ4v) is 2.53. The van der Waals surface area contributed by atoms with Crippen LogP contribution in [0.25, 0.3) is 0 Å². The van der Waals surface area contributed by atoms with Gasteiger partial charge in [-0.05, 0) is 41.1 Å². The van der Waals surface area contributed by atoms with E-state index in [0.29, 0.717) is 20.8 Å². The number of carbonyl (C=O) groups excluding carboxylic acids is 1. The van der Waals surface area contributed by atoms with Crippen LogP contribution in [-0.2, 0) is 0 Å². The molecule has 0 saturated heterocycles. The zero-order valence-corrected chi connectivity index (χ0v) is 13.1. The zero-order chi connectivity index (χ0) is 13.8. The van der Waals surface area contributed by atoms with Crippen molar-refractivity contribution < 1.29 is 4.79 Å². The summed E-state index contributed by atoms with van der Waals surface area (Å²) in [4.78, 5) is 12.0. The maximum absolute atomic E-state index is 12.0. The third-order valence-corrected chi connectivity index (χ3v) is 3.93. The van der Waals surface area contributed by atoms with Crippen LogP contribution in [0.1, 0.15) is 16.7 Å². The van der Waals surface area contributed by atoms with Crippen molar-refractivity contribution in [1.29, 1.82) is 0 Å². The van der Waals surface area contributed by atoms with Gasteiger partial charge in [-0.15, -0.1) is 10.2 Å². The van der Waals surface area contributed by atoms with Crippen LogP contribution in [0.2, 0.25) is 5.02 Å². The average Bonchev–Trinajstić information content (AvgIpc) is 2.83. The van der Waals surface area contributed by atoms with E-state index in [4.69, 9.17) is 11.6 Å². The molecule has 0 bridgehead atoms. The lowest BCUT2D eigenvalue weighted by Crippen LogP contribution is -2.12. The molecule has 1 aromatic carbocycles. The first kappa shape index (κ1) is 14.2. The van der Waals surface area contributed by atoms with Crippen molar-refractivity contribution in [2.75, 3.05) is 17.2 Å². The summed E-state index contributed by atoms with van der Waals surface area (Å²) in [7, 11) is 0. The number of carbonyl (C=O) groups is 1. The molecule has 8 heteroatoms. The van der Waals surface area contributed by atoms with Crippen molar-refractivity contribution in [3.8, 4) is 0 Å². The van der Waals surface area contributed by atoms with E-state index >= 15 is 0 Å². The Hall–Kier alpha value is -1.18. The number of aromatic nitrogens is 2. The third kappa shape index (κ3) is 3.65. The smallest absolute Gasteiger partial charge is 0.286 e. The lowest BCUT2D eigenvalue weighted by Gasteiger charge is -2.05. The van der Waals surface area contributed by atoms with Crippen LogP contribution in [0, 0.1) is 0 Å². The normalized spacial score (nSPS) is 10.3. The Kier molecular flexibility index (Phi) is 4.73. The van der Waals surface area contributed by atoms with Gasteiger partial charge in [0.05, 0.1) is 5.69 Å². The van der Waals surface area contributed by atoms with Gasteiger partial charge >= 0.3 is 0 Å². The molecule has 0 spiro atoms. The minimum atomic E-state index is -0.315. The van der Waals surface area contributed by atoms with Gasteiger partial charge in [0.2, 0.25) is 10.1 Å². The molecule has 2 rings (SSSR count). The fourth-order valence-electron chi connectivity index (χ4n) is 1.31. The second-order valence-electron chi connectivity index (χ2n) is 3.52. The van der Waals surface area contributed by atoms with E-state index in [2.05, 4.69) is 36.8 Å². The van der Waals surface area contributed by atoms with Gasteiger partial charge in [0.1, 0.15) is 0 Å². The molecular weight excluding hydrogens is 352 g/mol. The zero-order valence-electron chi connectivity index (χ0n) is 9.91. The summed E-state index contributed by atoms with van der Waals surface area (Å²) in [5.41, 5.74) is 0.595. The Morgan fingerprint density at radius 2 is 2.26 bits per heavy atom. The Morgan fingerprint density at radius 1 is 1.47 bits per heavy atom. The number of hydrogen-bond acceptors (Lipinski definition) is 5. The molecule has 0 fully saturated rings. The highest BCUT2D eigenvalue weighted by Crippen LogP contribution is 2.26. The van der Waals surface area contributed by atoms with E-state index in [1.807, 2.05) is 6.92 Å². The van der Waals surface area contributed by atoms with E-state index < -0.39 is 0 Å². The molecule has 0 atom stereocenters. The molecule has 1 aromatic heterocycles. The molecule has 0 saturated carbocycles. The van der Waals surface area contributed by atoms with Gasteiger partial charge in [-0.3, -0.25) is 4.79 Å². The van der Waals surface area contributed by atoms with Crippen molar-refractivity contribution in [2.45, 2.75) is 6.92 Å². The monoisotopic (exact) mass is 360 g/mol. The van der Waals surface area contributed by atoms with E-state index in [1.54, 1.807) is 18.2 Å². The first-order chi connectivity index (χ1) is 9.10. The molecule has 0 aliphatic rings. The summed E-state index contributed by atoms with van der Waals surface area (Å²) in [6.07, 6.45) is 0. The minimum absolute atomic E-state index is 0.294. The Balaban J connectivity index is 2.13. The first-order valence-electron chi connectivity index (χ1n) is 5.44. The molecular formula is C11H10BrClN4OS. The highest BCUT2D eigenvalue weighted by atomic mass is 79.9. The van der Waals surface area contributed by atoms with Crippen LogP contribution < -0.4 is 10.6 Å². The summed E-state index contributed by atoms with van der Waals surface area (Å²) < 4.78 is 0.752. The second kappa shape index (κ2) is 6.31. The average molecular weight is 362 g/mol. The number of benzene rings is 1. The maximum Gasteiger partial charge on any atom is 0.286 e. The standard InChI is InChI=1S/C11H10BrClN4OS/c1-2-14-11-17-16-10(19-11)9(18)15-8-5-6(13)3-4-7(8)12/h3-5H,2H2,1H3,(H,14,17)(H,15,18). The molecule has 0 unspecified atom stereocenters. The number of amides is 1. The third-order valence-electron chi connectivity index (χ3n) is 2.12. The SMILES string of the molecule is CCNc1nnc(C(=O)Nc2cc(Cl)ccc2Br)s1. The van der Waals surface area contributed by atoms with Gasteiger partial charge in [-0.1, -0.05) is 22.9 Å². The highest BCUT2D eigenvalue weighted by Gasteiger charge is 2.14. The highest BCUT2D eigenvalue weighted by molar-refractivity contribution is 9.10. The lowest BCUT2D eigenvalue weighted by molar-refractivity contribution is 0.102. The van der Waals surface area contributed by atoms with Crippen LogP contribution >= 0.6 is 38.9 Å². The van der Waals surface area contributed by atoms with Crippen molar-refractivity contribution in [3.63, 3.8) is 0 Å². The number of nitrogens with one attached hydrogen (secondary N) is 2. The molecule has 1 amide bonds. The summed E-state index contributed by atoms with van der Waals surface area (Å²) >= 11 is 10.4. The summed E-state index contributed by atoms with van der Waals surface area (Å²) in [6.45, 7) is 2.68. The predicted molar refractivity (Wildman–Crippen MR) is 81.2 cm³/mol. The van der Waals surface area contributed by atoms with Crippen LogP contribution in [0.3, 0.4) is 0 Å². The molecule has 100 valence electrons. The van der Waals surface area contributed by atoms with Gasteiger partial charge in [0.15, 0.2) is 0 Å². The molecule has 0 aliphatic carbocycles. The van der Waals surface area contributed by atoms with Crippen molar-refractivity contribution in [3.05, 3.63) is 32.7 Å². The summed E-state index contributed by atoms with van der Waals surface area (Å²) in [6, 6.07) is 5.16. The quantitative estimate of drug-likeness (QED) is 0.872. The molecule has 5 nitrogen and oxygen atoms in total. The van der Waals surface area contributed by atoms with Crippen LogP contribution in [-0.4, -0.2) is 22.6 Å². The Morgan fingerprint density at radius 3 is 3.00 bits per heavy atom. The second-order valence-corrected chi connectivity index (χ2v) is 5.79. The summed E-state index contributed by atoms with van der Waals surface area (Å²) in [5, 5.41) is 14.9. The predicted octanol–water partition coefficient (Wildman–Crippen LogP) is 3.64. The number of halogens is 2. The van der Waals surface area contributed by atoms with Gasteiger partial charge in [-0.25, -0.2) is 0 Å². The molecule has 1 heterocycles.